The highest BCUT2D eigenvalue weighted by Gasteiger charge is 2.06. The molecule has 1 aromatic carbocycles. The molecule has 0 radical (unpaired) electrons. The lowest BCUT2D eigenvalue weighted by Crippen LogP contribution is -2.10. The zero-order valence-electron chi connectivity index (χ0n) is 10.8. The van der Waals surface area contributed by atoms with Gasteiger partial charge in [-0.1, -0.05) is 23.7 Å². The average Bonchev–Trinajstić information content (AvgIpc) is 2.40. The SMILES string of the molecule is CN(C)Cc1ccc(-c2cc(C=O)ncn2)cc1Cl. The van der Waals surface area contributed by atoms with Crippen LogP contribution in [-0.4, -0.2) is 35.2 Å². The van der Waals surface area contributed by atoms with E-state index in [0.717, 1.165) is 17.7 Å². The number of halogens is 1. The molecule has 2 rings (SSSR count). The molecule has 1 aromatic heterocycles. The summed E-state index contributed by atoms with van der Waals surface area (Å²) in [5, 5.41) is 0.692. The smallest absolute Gasteiger partial charge is 0.168 e. The first-order valence-electron chi connectivity index (χ1n) is 5.81. The zero-order chi connectivity index (χ0) is 13.8. The molecular weight excluding hydrogens is 262 g/mol. The van der Waals surface area contributed by atoms with E-state index in [1.807, 2.05) is 32.3 Å². The molecule has 0 atom stereocenters. The molecule has 0 aliphatic carbocycles. The van der Waals surface area contributed by atoms with Gasteiger partial charge < -0.3 is 4.90 Å². The molecule has 0 aliphatic rings. The lowest BCUT2D eigenvalue weighted by atomic mass is 10.1. The monoisotopic (exact) mass is 275 g/mol. The van der Waals surface area contributed by atoms with E-state index in [2.05, 4.69) is 14.9 Å². The van der Waals surface area contributed by atoms with E-state index in [9.17, 15) is 4.79 Å². The Kier molecular flexibility index (Phi) is 4.24. The largest absolute Gasteiger partial charge is 0.305 e. The van der Waals surface area contributed by atoms with Crippen molar-refractivity contribution in [3.63, 3.8) is 0 Å². The summed E-state index contributed by atoms with van der Waals surface area (Å²) >= 11 is 6.26. The minimum absolute atomic E-state index is 0.360. The molecule has 0 bridgehead atoms. The first-order chi connectivity index (χ1) is 9.10. The van der Waals surface area contributed by atoms with E-state index in [0.29, 0.717) is 22.7 Å². The normalized spacial score (nSPS) is 10.7. The van der Waals surface area contributed by atoms with Crippen molar-refractivity contribution in [2.24, 2.45) is 0 Å². The Morgan fingerprint density at radius 2 is 2.05 bits per heavy atom. The summed E-state index contributed by atoms with van der Waals surface area (Å²) in [6.07, 6.45) is 2.08. The zero-order valence-corrected chi connectivity index (χ0v) is 11.6. The molecular formula is C14H14ClN3O. The fourth-order valence-corrected chi connectivity index (χ4v) is 2.01. The second kappa shape index (κ2) is 5.91. The van der Waals surface area contributed by atoms with Gasteiger partial charge in [0.05, 0.1) is 5.69 Å². The second-order valence-electron chi connectivity index (χ2n) is 4.49. The molecule has 0 unspecified atom stereocenters. The minimum Gasteiger partial charge on any atom is -0.305 e. The molecule has 0 fully saturated rings. The van der Waals surface area contributed by atoms with Crippen molar-refractivity contribution in [2.75, 3.05) is 14.1 Å². The van der Waals surface area contributed by atoms with Crippen molar-refractivity contribution in [3.05, 3.63) is 46.9 Å². The second-order valence-corrected chi connectivity index (χ2v) is 4.90. The van der Waals surface area contributed by atoms with Crippen LogP contribution in [0, 0.1) is 0 Å². The summed E-state index contributed by atoms with van der Waals surface area (Å²) in [4.78, 5) is 20.8. The molecule has 0 spiro atoms. The highest BCUT2D eigenvalue weighted by atomic mass is 35.5. The Labute approximate surface area is 117 Å². The van der Waals surface area contributed by atoms with Gasteiger partial charge in [-0.25, -0.2) is 9.97 Å². The number of benzene rings is 1. The third kappa shape index (κ3) is 3.36. The van der Waals surface area contributed by atoms with Crippen LogP contribution in [0.5, 0.6) is 0 Å². The van der Waals surface area contributed by atoms with Crippen LogP contribution < -0.4 is 0 Å². The number of carbonyl (C=O) groups is 1. The summed E-state index contributed by atoms with van der Waals surface area (Å²) in [5.41, 5.74) is 2.98. The van der Waals surface area contributed by atoms with Gasteiger partial charge in [-0.2, -0.15) is 0 Å². The van der Waals surface area contributed by atoms with Crippen LogP contribution in [0.15, 0.2) is 30.6 Å². The molecule has 1 heterocycles. The van der Waals surface area contributed by atoms with E-state index in [-0.39, 0.29) is 0 Å². The van der Waals surface area contributed by atoms with Gasteiger partial charge in [-0.15, -0.1) is 0 Å². The first kappa shape index (κ1) is 13.6. The van der Waals surface area contributed by atoms with Gasteiger partial charge in [-0.3, -0.25) is 4.79 Å². The molecule has 19 heavy (non-hydrogen) atoms. The van der Waals surface area contributed by atoms with Gasteiger partial charge in [0, 0.05) is 17.1 Å². The molecule has 2 aromatic rings. The quantitative estimate of drug-likeness (QED) is 0.805. The molecule has 0 aliphatic heterocycles. The number of hydrogen-bond acceptors (Lipinski definition) is 4. The lowest BCUT2D eigenvalue weighted by Gasteiger charge is -2.12. The lowest BCUT2D eigenvalue weighted by molar-refractivity contribution is 0.111. The molecule has 0 amide bonds. The van der Waals surface area contributed by atoms with Crippen molar-refractivity contribution in [3.8, 4) is 11.3 Å². The number of carbonyl (C=O) groups excluding carboxylic acids is 1. The number of hydrogen-bond donors (Lipinski definition) is 0. The van der Waals surface area contributed by atoms with Crippen LogP contribution >= 0.6 is 11.6 Å². The minimum atomic E-state index is 0.360. The van der Waals surface area contributed by atoms with E-state index in [1.54, 1.807) is 6.07 Å². The van der Waals surface area contributed by atoms with Gasteiger partial charge in [0.15, 0.2) is 6.29 Å². The summed E-state index contributed by atoms with van der Waals surface area (Å²) in [6, 6.07) is 7.42. The van der Waals surface area contributed by atoms with Crippen LogP contribution in [0.4, 0.5) is 0 Å². The average molecular weight is 276 g/mol. The molecule has 0 saturated carbocycles. The van der Waals surface area contributed by atoms with E-state index >= 15 is 0 Å². The number of nitrogens with zero attached hydrogens (tertiary/aromatic N) is 3. The topological polar surface area (TPSA) is 46.1 Å². The van der Waals surface area contributed by atoms with Crippen LogP contribution in [-0.2, 0) is 6.54 Å². The van der Waals surface area contributed by atoms with E-state index in [4.69, 9.17) is 11.6 Å². The van der Waals surface area contributed by atoms with Crippen molar-refractivity contribution in [1.82, 2.24) is 14.9 Å². The summed E-state index contributed by atoms with van der Waals surface area (Å²) in [5.74, 6) is 0. The molecule has 0 saturated heterocycles. The fourth-order valence-electron chi connectivity index (χ4n) is 1.77. The van der Waals surface area contributed by atoms with Gasteiger partial charge >= 0.3 is 0 Å². The predicted octanol–water partition coefficient (Wildman–Crippen LogP) is 2.67. The Hall–Kier alpha value is -1.78. The third-order valence-electron chi connectivity index (χ3n) is 2.64. The summed E-state index contributed by atoms with van der Waals surface area (Å²) < 4.78 is 0. The highest BCUT2D eigenvalue weighted by Crippen LogP contribution is 2.25. The highest BCUT2D eigenvalue weighted by molar-refractivity contribution is 6.31. The third-order valence-corrected chi connectivity index (χ3v) is 3.00. The number of aldehydes is 1. The maximum absolute atomic E-state index is 10.7. The van der Waals surface area contributed by atoms with Gasteiger partial charge in [0.25, 0.3) is 0 Å². The van der Waals surface area contributed by atoms with Crippen molar-refractivity contribution in [2.45, 2.75) is 6.54 Å². The number of rotatable bonds is 4. The van der Waals surface area contributed by atoms with Crippen molar-refractivity contribution >= 4 is 17.9 Å². The Morgan fingerprint density at radius 1 is 1.26 bits per heavy atom. The van der Waals surface area contributed by atoms with Crippen LogP contribution in [0.1, 0.15) is 16.1 Å². The summed E-state index contributed by atoms with van der Waals surface area (Å²) in [6.45, 7) is 0.780. The van der Waals surface area contributed by atoms with Crippen LogP contribution in [0.3, 0.4) is 0 Å². The van der Waals surface area contributed by atoms with Crippen molar-refractivity contribution < 1.29 is 4.79 Å². The van der Waals surface area contributed by atoms with Gasteiger partial charge in [0.2, 0.25) is 0 Å². The maximum Gasteiger partial charge on any atom is 0.168 e. The molecule has 4 nitrogen and oxygen atoms in total. The van der Waals surface area contributed by atoms with E-state index < -0.39 is 0 Å². The van der Waals surface area contributed by atoms with Gasteiger partial charge in [0.1, 0.15) is 12.0 Å². The molecule has 5 heteroatoms. The summed E-state index contributed by atoms with van der Waals surface area (Å²) in [7, 11) is 3.98. The van der Waals surface area contributed by atoms with E-state index in [1.165, 1.54) is 6.33 Å². The predicted molar refractivity (Wildman–Crippen MR) is 75.3 cm³/mol. The van der Waals surface area contributed by atoms with Crippen LogP contribution in [0.2, 0.25) is 5.02 Å². The standard InChI is InChI=1S/C14H14ClN3O/c1-18(2)7-11-4-3-10(5-13(11)15)14-6-12(8-19)16-9-17-14/h3-6,8-9H,7H2,1-2H3. The Morgan fingerprint density at radius 3 is 2.68 bits per heavy atom. The van der Waals surface area contributed by atoms with Crippen molar-refractivity contribution in [1.29, 1.82) is 0 Å². The van der Waals surface area contributed by atoms with Crippen LogP contribution in [0.25, 0.3) is 11.3 Å². The Bertz CT molecular complexity index is 599. The maximum atomic E-state index is 10.7. The Balaban J connectivity index is 2.35. The fraction of sp³-hybridized carbons (Fsp3) is 0.214. The van der Waals surface area contributed by atoms with Gasteiger partial charge in [-0.05, 0) is 31.8 Å². The molecule has 0 N–H and O–H groups in total. The number of aromatic nitrogens is 2. The first-order valence-corrected chi connectivity index (χ1v) is 6.18. The molecule has 98 valence electrons.